The van der Waals surface area contributed by atoms with Crippen LogP contribution in [0.4, 0.5) is 22.0 Å². The molecule has 0 bridgehead atoms. The molecule has 0 spiro atoms. The standard InChI is InChI=1S/C22H11F5N2/c23-16-15(17(24)19(26)20(27)18(16)25)14-11-28-21(12-7-3-1-4-8-12)22(29-14)13-9-5-2-6-10-13/h1-11H. The average Bonchev–Trinajstić information content (AvgIpc) is 2.77. The molecule has 144 valence electrons. The normalized spacial score (nSPS) is 10.9. The van der Waals surface area contributed by atoms with Gasteiger partial charge < -0.3 is 0 Å². The highest BCUT2D eigenvalue weighted by Crippen LogP contribution is 2.34. The molecule has 0 atom stereocenters. The van der Waals surface area contributed by atoms with Gasteiger partial charge in [-0.1, -0.05) is 60.7 Å². The molecule has 0 fully saturated rings. The molecule has 0 unspecified atom stereocenters. The minimum Gasteiger partial charge on any atom is -0.252 e. The van der Waals surface area contributed by atoms with E-state index < -0.39 is 40.3 Å². The van der Waals surface area contributed by atoms with Crippen molar-refractivity contribution in [3.05, 3.63) is 95.9 Å². The van der Waals surface area contributed by atoms with Gasteiger partial charge in [0.05, 0.1) is 28.8 Å². The highest BCUT2D eigenvalue weighted by Gasteiger charge is 2.28. The lowest BCUT2D eigenvalue weighted by Gasteiger charge is -2.12. The minimum atomic E-state index is -2.22. The second-order valence-electron chi connectivity index (χ2n) is 6.13. The summed E-state index contributed by atoms with van der Waals surface area (Å²) in [6.45, 7) is 0. The minimum absolute atomic E-state index is 0.248. The zero-order valence-electron chi connectivity index (χ0n) is 14.6. The zero-order chi connectivity index (χ0) is 20.5. The number of aromatic nitrogens is 2. The molecule has 7 heteroatoms. The fourth-order valence-electron chi connectivity index (χ4n) is 2.94. The first-order valence-corrected chi connectivity index (χ1v) is 8.48. The zero-order valence-corrected chi connectivity index (χ0v) is 14.6. The summed E-state index contributed by atoms with van der Waals surface area (Å²) in [5.41, 5.74) is 0.331. The van der Waals surface area contributed by atoms with E-state index in [1.165, 1.54) is 0 Å². The molecular formula is C22H11F5N2. The summed E-state index contributed by atoms with van der Waals surface area (Å²) >= 11 is 0. The van der Waals surface area contributed by atoms with Crippen LogP contribution in [0.25, 0.3) is 33.8 Å². The van der Waals surface area contributed by atoms with Gasteiger partial charge >= 0.3 is 0 Å². The maximum absolute atomic E-state index is 14.3. The third-order valence-electron chi connectivity index (χ3n) is 4.33. The van der Waals surface area contributed by atoms with Crippen molar-refractivity contribution in [1.29, 1.82) is 0 Å². The van der Waals surface area contributed by atoms with Crippen molar-refractivity contribution < 1.29 is 22.0 Å². The van der Waals surface area contributed by atoms with E-state index in [0.29, 0.717) is 16.8 Å². The Kier molecular flexibility index (Phi) is 4.80. The molecule has 29 heavy (non-hydrogen) atoms. The van der Waals surface area contributed by atoms with Crippen LogP contribution in [0.1, 0.15) is 0 Å². The molecule has 0 radical (unpaired) electrons. The lowest BCUT2D eigenvalue weighted by molar-refractivity contribution is 0.381. The largest absolute Gasteiger partial charge is 0.252 e. The first-order valence-electron chi connectivity index (χ1n) is 8.48. The molecule has 2 nitrogen and oxygen atoms in total. The number of benzene rings is 3. The summed E-state index contributed by atoms with van der Waals surface area (Å²) < 4.78 is 69.2. The lowest BCUT2D eigenvalue weighted by atomic mass is 10.0. The monoisotopic (exact) mass is 398 g/mol. The van der Waals surface area contributed by atoms with Gasteiger partial charge in [-0.25, -0.2) is 26.9 Å². The molecule has 4 rings (SSSR count). The summed E-state index contributed by atoms with van der Waals surface area (Å²) in [5, 5.41) is 0. The maximum Gasteiger partial charge on any atom is 0.200 e. The summed E-state index contributed by atoms with van der Waals surface area (Å²) in [6, 6.07) is 17.6. The van der Waals surface area contributed by atoms with Gasteiger partial charge in [0.2, 0.25) is 5.82 Å². The molecule has 0 saturated heterocycles. The molecule has 0 aliphatic heterocycles. The van der Waals surface area contributed by atoms with E-state index in [4.69, 9.17) is 0 Å². The van der Waals surface area contributed by atoms with Gasteiger partial charge in [0, 0.05) is 11.1 Å². The molecule has 1 heterocycles. The molecular weight excluding hydrogens is 387 g/mol. The second kappa shape index (κ2) is 7.43. The average molecular weight is 398 g/mol. The van der Waals surface area contributed by atoms with Crippen molar-refractivity contribution in [2.45, 2.75) is 0 Å². The van der Waals surface area contributed by atoms with Crippen LogP contribution in [0.5, 0.6) is 0 Å². The highest BCUT2D eigenvalue weighted by molar-refractivity contribution is 5.79. The van der Waals surface area contributed by atoms with Gasteiger partial charge in [0.1, 0.15) is 0 Å². The van der Waals surface area contributed by atoms with E-state index >= 15 is 0 Å². The van der Waals surface area contributed by atoms with Crippen LogP contribution in [-0.4, -0.2) is 9.97 Å². The first kappa shape index (κ1) is 18.7. The summed E-state index contributed by atoms with van der Waals surface area (Å²) in [7, 11) is 0. The van der Waals surface area contributed by atoms with Crippen molar-refractivity contribution in [1.82, 2.24) is 9.97 Å². The van der Waals surface area contributed by atoms with E-state index in [9.17, 15) is 22.0 Å². The third-order valence-corrected chi connectivity index (χ3v) is 4.33. The first-order chi connectivity index (χ1) is 14.0. The lowest BCUT2D eigenvalue weighted by Crippen LogP contribution is -2.06. The van der Waals surface area contributed by atoms with Gasteiger partial charge in [-0.05, 0) is 0 Å². The van der Waals surface area contributed by atoms with Gasteiger partial charge in [-0.15, -0.1) is 0 Å². The molecule has 0 aliphatic carbocycles. The van der Waals surface area contributed by atoms with Crippen LogP contribution in [-0.2, 0) is 0 Å². The Morgan fingerprint density at radius 2 is 0.966 bits per heavy atom. The van der Waals surface area contributed by atoms with E-state index in [2.05, 4.69) is 9.97 Å². The van der Waals surface area contributed by atoms with Crippen molar-refractivity contribution in [2.24, 2.45) is 0 Å². The Balaban J connectivity index is 2.00. The maximum atomic E-state index is 14.3. The molecule has 0 saturated carbocycles. The molecule has 1 aromatic heterocycles. The van der Waals surface area contributed by atoms with Gasteiger partial charge in [-0.2, -0.15) is 0 Å². The number of rotatable bonds is 3. The molecule has 0 amide bonds. The van der Waals surface area contributed by atoms with Gasteiger partial charge in [-0.3, -0.25) is 4.98 Å². The van der Waals surface area contributed by atoms with Gasteiger partial charge in [0.15, 0.2) is 23.3 Å². The van der Waals surface area contributed by atoms with Crippen LogP contribution in [0, 0.1) is 29.1 Å². The van der Waals surface area contributed by atoms with Crippen LogP contribution >= 0.6 is 0 Å². The number of halogens is 5. The summed E-state index contributed by atoms with van der Waals surface area (Å²) in [6.07, 6.45) is 0.993. The molecule has 3 aromatic carbocycles. The number of hydrogen-bond donors (Lipinski definition) is 0. The van der Waals surface area contributed by atoms with E-state index in [0.717, 1.165) is 6.20 Å². The van der Waals surface area contributed by atoms with Gasteiger partial charge in [0.25, 0.3) is 0 Å². The topological polar surface area (TPSA) is 25.8 Å². The predicted molar refractivity (Wildman–Crippen MR) is 98.1 cm³/mol. The summed E-state index contributed by atoms with van der Waals surface area (Å²) in [5.74, 6) is -10.2. The second-order valence-corrected chi connectivity index (χ2v) is 6.13. The predicted octanol–water partition coefficient (Wildman–Crippen LogP) is 6.17. The van der Waals surface area contributed by atoms with Crippen molar-refractivity contribution in [3.63, 3.8) is 0 Å². The number of hydrogen-bond acceptors (Lipinski definition) is 2. The van der Waals surface area contributed by atoms with Crippen LogP contribution in [0.2, 0.25) is 0 Å². The molecule has 0 N–H and O–H groups in total. The number of nitrogens with zero attached hydrogens (tertiary/aromatic N) is 2. The Bertz CT molecular complexity index is 1170. The van der Waals surface area contributed by atoms with E-state index in [1.807, 2.05) is 6.07 Å². The van der Waals surface area contributed by atoms with Crippen LogP contribution < -0.4 is 0 Å². The fraction of sp³-hybridized carbons (Fsp3) is 0. The third kappa shape index (κ3) is 3.24. The highest BCUT2D eigenvalue weighted by atomic mass is 19.2. The van der Waals surface area contributed by atoms with E-state index in [1.54, 1.807) is 54.6 Å². The Morgan fingerprint density at radius 1 is 0.517 bits per heavy atom. The van der Waals surface area contributed by atoms with E-state index in [-0.39, 0.29) is 5.69 Å². The van der Waals surface area contributed by atoms with Crippen LogP contribution in [0.3, 0.4) is 0 Å². The van der Waals surface area contributed by atoms with Crippen molar-refractivity contribution in [3.8, 4) is 33.8 Å². The smallest absolute Gasteiger partial charge is 0.200 e. The Labute approximate surface area is 162 Å². The SMILES string of the molecule is Fc1c(F)c(F)c(-c2cnc(-c3ccccc3)c(-c3ccccc3)n2)c(F)c1F. The summed E-state index contributed by atoms with van der Waals surface area (Å²) in [4.78, 5) is 8.46. The Hall–Kier alpha value is -3.61. The van der Waals surface area contributed by atoms with Crippen molar-refractivity contribution >= 4 is 0 Å². The Morgan fingerprint density at radius 3 is 1.48 bits per heavy atom. The van der Waals surface area contributed by atoms with Crippen molar-refractivity contribution in [2.75, 3.05) is 0 Å². The molecule has 0 aliphatic rings. The fourth-order valence-corrected chi connectivity index (χ4v) is 2.94. The molecule has 4 aromatic rings. The quantitative estimate of drug-likeness (QED) is 0.234. The van der Waals surface area contributed by atoms with Crippen LogP contribution in [0.15, 0.2) is 66.9 Å².